The van der Waals surface area contributed by atoms with E-state index < -0.39 is 0 Å². The predicted octanol–water partition coefficient (Wildman–Crippen LogP) is 4.59. The number of fused-ring (bicyclic) bond motifs is 1. The lowest BCUT2D eigenvalue weighted by Crippen LogP contribution is -2.50. The van der Waals surface area contributed by atoms with E-state index in [2.05, 4.69) is 17.9 Å². The fourth-order valence-electron chi connectivity index (χ4n) is 3.70. The van der Waals surface area contributed by atoms with Crippen LogP contribution in [0.2, 0.25) is 10.0 Å². The van der Waals surface area contributed by atoms with Crippen molar-refractivity contribution in [3.63, 3.8) is 0 Å². The first-order valence-electron chi connectivity index (χ1n) is 10.0. The molecule has 2 aromatic carbocycles. The Balaban J connectivity index is 1.40. The molecule has 0 spiro atoms. The van der Waals surface area contributed by atoms with Gasteiger partial charge in [0.25, 0.3) is 5.91 Å². The number of methoxy groups -OCH3 is 1. The van der Waals surface area contributed by atoms with Gasteiger partial charge in [-0.2, -0.15) is 0 Å². The van der Waals surface area contributed by atoms with Crippen LogP contribution in [-0.2, 0) is 4.79 Å². The summed E-state index contributed by atoms with van der Waals surface area (Å²) in [7, 11) is 1.65. The molecule has 1 aliphatic heterocycles. The van der Waals surface area contributed by atoms with Crippen LogP contribution in [0.25, 0.3) is 10.9 Å². The van der Waals surface area contributed by atoms with E-state index in [4.69, 9.17) is 37.7 Å². The number of anilines is 1. The Morgan fingerprint density at radius 3 is 2.58 bits per heavy atom. The Labute approximate surface area is 191 Å². The molecule has 1 aliphatic rings. The Kier molecular flexibility index (Phi) is 6.39. The van der Waals surface area contributed by atoms with E-state index in [1.807, 2.05) is 18.2 Å². The number of pyridine rings is 1. The summed E-state index contributed by atoms with van der Waals surface area (Å²) in [5.41, 5.74) is 1.99. The third-order valence-corrected chi connectivity index (χ3v) is 5.96. The molecule has 3 aromatic rings. The van der Waals surface area contributed by atoms with Gasteiger partial charge in [-0.1, -0.05) is 35.3 Å². The first-order valence-corrected chi connectivity index (χ1v) is 10.8. The first kappa shape index (κ1) is 21.5. The summed E-state index contributed by atoms with van der Waals surface area (Å²) >= 11 is 12.1. The maximum absolute atomic E-state index is 12.6. The summed E-state index contributed by atoms with van der Waals surface area (Å²) < 4.78 is 11.1. The Morgan fingerprint density at radius 1 is 1.06 bits per heavy atom. The van der Waals surface area contributed by atoms with Crippen molar-refractivity contribution in [2.45, 2.75) is 6.92 Å². The maximum atomic E-state index is 12.6. The van der Waals surface area contributed by atoms with Crippen LogP contribution >= 0.6 is 23.2 Å². The summed E-state index contributed by atoms with van der Waals surface area (Å²) in [5.74, 6) is 1.97. The molecule has 1 aromatic heterocycles. The van der Waals surface area contributed by atoms with Gasteiger partial charge in [0, 0.05) is 42.7 Å². The highest BCUT2D eigenvalue weighted by atomic mass is 35.5. The van der Waals surface area contributed by atoms with Crippen LogP contribution in [0.5, 0.6) is 11.5 Å². The number of rotatable bonds is 5. The van der Waals surface area contributed by atoms with Crippen LogP contribution in [0, 0.1) is 6.92 Å². The monoisotopic (exact) mass is 459 g/mol. The molecule has 1 saturated heterocycles. The van der Waals surface area contributed by atoms with Gasteiger partial charge in [-0.05, 0) is 36.8 Å². The molecule has 0 bridgehead atoms. The van der Waals surface area contributed by atoms with E-state index >= 15 is 0 Å². The summed E-state index contributed by atoms with van der Waals surface area (Å²) in [6.07, 6.45) is 0. The molecule has 0 aliphatic carbocycles. The molecule has 4 rings (SSSR count). The fourth-order valence-corrected chi connectivity index (χ4v) is 4.04. The molecular formula is C23H23Cl2N3O3. The van der Waals surface area contributed by atoms with Crippen LogP contribution in [0.4, 0.5) is 5.82 Å². The smallest absolute Gasteiger partial charge is 0.260 e. The van der Waals surface area contributed by atoms with Crippen LogP contribution in [-0.4, -0.2) is 55.7 Å². The number of para-hydroxylation sites is 1. The predicted molar refractivity (Wildman–Crippen MR) is 124 cm³/mol. The number of carbonyl (C=O) groups excluding carboxylic acids is 1. The van der Waals surface area contributed by atoms with E-state index in [1.165, 1.54) is 0 Å². The molecular weight excluding hydrogens is 437 g/mol. The molecule has 31 heavy (non-hydrogen) atoms. The topological polar surface area (TPSA) is 54.9 Å². The van der Waals surface area contributed by atoms with Gasteiger partial charge in [-0.25, -0.2) is 4.98 Å². The van der Waals surface area contributed by atoms with Crippen LogP contribution in [0.15, 0.2) is 42.5 Å². The molecule has 6 nitrogen and oxygen atoms in total. The van der Waals surface area contributed by atoms with Gasteiger partial charge in [0.05, 0.1) is 12.1 Å². The number of hydrogen-bond donors (Lipinski definition) is 0. The number of aromatic nitrogens is 1. The van der Waals surface area contributed by atoms with Crippen molar-refractivity contribution in [1.29, 1.82) is 0 Å². The minimum atomic E-state index is -0.0833. The Bertz CT molecular complexity index is 1110. The van der Waals surface area contributed by atoms with E-state index in [9.17, 15) is 4.79 Å². The average molecular weight is 460 g/mol. The van der Waals surface area contributed by atoms with Crippen LogP contribution < -0.4 is 14.4 Å². The van der Waals surface area contributed by atoms with Crippen molar-refractivity contribution in [3.05, 3.63) is 58.1 Å². The number of amides is 1. The lowest BCUT2D eigenvalue weighted by molar-refractivity contribution is -0.133. The van der Waals surface area contributed by atoms with E-state index in [0.717, 1.165) is 28.0 Å². The van der Waals surface area contributed by atoms with Crippen molar-refractivity contribution in [2.75, 3.05) is 44.8 Å². The van der Waals surface area contributed by atoms with Crippen LogP contribution in [0.1, 0.15) is 5.56 Å². The molecule has 1 fully saturated rings. The molecule has 2 heterocycles. The van der Waals surface area contributed by atoms with Crippen molar-refractivity contribution in [3.8, 4) is 11.5 Å². The number of halogens is 2. The minimum absolute atomic E-state index is 0.0788. The molecule has 0 unspecified atom stereocenters. The maximum Gasteiger partial charge on any atom is 0.260 e. The second kappa shape index (κ2) is 9.20. The number of piperazine rings is 1. The van der Waals surface area contributed by atoms with Crippen molar-refractivity contribution < 1.29 is 14.3 Å². The standard InChI is InChI=1S/C23H23Cl2N3O3/c1-15-12-21(26-23-17(15)4-3-5-19(23)30-2)27-8-10-28(11-9-27)22(29)14-31-20-13-16(24)6-7-18(20)25/h3-7,12-13H,8-11,14H2,1-2H3. The molecule has 0 atom stereocenters. The molecule has 0 radical (unpaired) electrons. The molecule has 1 amide bonds. The lowest BCUT2D eigenvalue weighted by atomic mass is 10.1. The molecule has 0 N–H and O–H groups in total. The zero-order valence-electron chi connectivity index (χ0n) is 17.4. The number of ether oxygens (including phenoxy) is 2. The summed E-state index contributed by atoms with van der Waals surface area (Å²) in [4.78, 5) is 21.4. The number of aryl methyl sites for hydroxylation is 1. The third kappa shape index (κ3) is 4.65. The zero-order chi connectivity index (χ0) is 22.0. The molecule has 0 saturated carbocycles. The Morgan fingerprint density at radius 2 is 1.84 bits per heavy atom. The van der Waals surface area contributed by atoms with Crippen molar-refractivity contribution in [1.82, 2.24) is 9.88 Å². The minimum Gasteiger partial charge on any atom is -0.494 e. The average Bonchev–Trinajstić information content (AvgIpc) is 2.79. The summed E-state index contributed by atoms with van der Waals surface area (Å²) in [6, 6.07) is 13.0. The highest BCUT2D eigenvalue weighted by molar-refractivity contribution is 6.34. The normalized spacial score (nSPS) is 14.1. The van der Waals surface area contributed by atoms with E-state index in [0.29, 0.717) is 42.0 Å². The quantitative estimate of drug-likeness (QED) is 0.558. The first-order chi connectivity index (χ1) is 15.0. The second-order valence-electron chi connectivity index (χ2n) is 7.39. The molecule has 8 heteroatoms. The number of hydrogen-bond acceptors (Lipinski definition) is 5. The van der Waals surface area contributed by atoms with Gasteiger partial charge in [0.2, 0.25) is 0 Å². The summed E-state index contributed by atoms with van der Waals surface area (Å²) in [5, 5.41) is 2.01. The second-order valence-corrected chi connectivity index (χ2v) is 8.23. The number of nitrogens with zero attached hydrogens (tertiary/aromatic N) is 3. The Hall–Kier alpha value is -2.70. The highest BCUT2D eigenvalue weighted by Gasteiger charge is 2.23. The van der Waals surface area contributed by atoms with Crippen molar-refractivity contribution >= 4 is 45.8 Å². The van der Waals surface area contributed by atoms with Gasteiger partial charge in [0.15, 0.2) is 6.61 Å². The summed E-state index contributed by atoms with van der Waals surface area (Å²) in [6.45, 7) is 4.56. The van der Waals surface area contributed by atoms with Gasteiger partial charge in [-0.15, -0.1) is 0 Å². The van der Waals surface area contributed by atoms with Gasteiger partial charge < -0.3 is 19.3 Å². The van der Waals surface area contributed by atoms with Crippen molar-refractivity contribution in [2.24, 2.45) is 0 Å². The van der Waals surface area contributed by atoms with Gasteiger partial charge >= 0.3 is 0 Å². The highest BCUT2D eigenvalue weighted by Crippen LogP contribution is 2.30. The van der Waals surface area contributed by atoms with E-state index in [1.54, 1.807) is 30.2 Å². The van der Waals surface area contributed by atoms with E-state index in [-0.39, 0.29) is 12.5 Å². The lowest BCUT2D eigenvalue weighted by Gasteiger charge is -2.35. The zero-order valence-corrected chi connectivity index (χ0v) is 18.9. The van der Waals surface area contributed by atoms with Crippen LogP contribution in [0.3, 0.4) is 0 Å². The van der Waals surface area contributed by atoms with Gasteiger partial charge in [0.1, 0.15) is 22.8 Å². The third-order valence-electron chi connectivity index (χ3n) is 5.42. The number of benzene rings is 2. The largest absolute Gasteiger partial charge is 0.494 e. The van der Waals surface area contributed by atoms with Gasteiger partial charge in [-0.3, -0.25) is 4.79 Å². The molecule has 162 valence electrons. The SMILES string of the molecule is COc1cccc2c(C)cc(N3CCN(C(=O)COc4cc(Cl)ccc4Cl)CC3)nc12. The number of carbonyl (C=O) groups is 1. The fraction of sp³-hybridized carbons (Fsp3) is 0.304.